The first-order valence-corrected chi connectivity index (χ1v) is 7.78. The number of nitrogens with zero attached hydrogens (tertiary/aromatic N) is 1. The van der Waals surface area contributed by atoms with E-state index in [-0.39, 0.29) is 4.90 Å². The van der Waals surface area contributed by atoms with Crippen LogP contribution >= 0.6 is 0 Å². The zero-order valence-electron chi connectivity index (χ0n) is 11.2. The van der Waals surface area contributed by atoms with Gasteiger partial charge in [0.05, 0.1) is 10.6 Å². The van der Waals surface area contributed by atoms with E-state index in [1.54, 1.807) is 24.3 Å². The molecule has 0 bridgehead atoms. The molecule has 0 saturated carbocycles. The van der Waals surface area contributed by atoms with Crippen LogP contribution in [0.1, 0.15) is 31.7 Å². The zero-order chi connectivity index (χ0) is 13.9. The summed E-state index contributed by atoms with van der Waals surface area (Å²) < 4.78 is 24.1. The van der Waals surface area contributed by atoms with Gasteiger partial charge in [-0.3, -0.25) is 0 Å². The van der Waals surface area contributed by atoms with Crippen LogP contribution in [-0.2, 0) is 10.0 Å². The number of allylic oxidation sites excluding steroid dienone is 2. The molecule has 5 heteroatoms. The molecule has 2 rings (SSSR count). The van der Waals surface area contributed by atoms with Crippen LogP contribution in [0.25, 0.3) is 0 Å². The van der Waals surface area contributed by atoms with Gasteiger partial charge in [-0.05, 0) is 51.3 Å². The van der Waals surface area contributed by atoms with Gasteiger partial charge in [0.15, 0.2) is 0 Å². The maximum Gasteiger partial charge on any atom is 0.276 e. The van der Waals surface area contributed by atoms with Crippen molar-refractivity contribution in [3.8, 4) is 0 Å². The molecule has 0 atom stereocenters. The van der Waals surface area contributed by atoms with Crippen LogP contribution in [0.2, 0.25) is 0 Å². The van der Waals surface area contributed by atoms with E-state index in [0.717, 1.165) is 30.5 Å². The average Bonchev–Trinajstić information content (AvgIpc) is 2.37. The highest BCUT2D eigenvalue weighted by Gasteiger charge is 2.13. The highest BCUT2D eigenvalue weighted by molar-refractivity contribution is 7.89. The van der Waals surface area contributed by atoms with E-state index < -0.39 is 10.0 Å². The van der Waals surface area contributed by atoms with Crippen LogP contribution in [0.3, 0.4) is 0 Å². The van der Waals surface area contributed by atoms with Crippen molar-refractivity contribution in [1.29, 1.82) is 0 Å². The summed E-state index contributed by atoms with van der Waals surface area (Å²) in [4.78, 5) is 2.54. The van der Waals surface area contributed by atoms with E-state index in [0.29, 0.717) is 0 Å². The van der Waals surface area contributed by atoms with Crippen LogP contribution in [0, 0.1) is 6.92 Å². The quantitative estimate of drug-likeness (QED) is 0.864. The Kier molecular flexibility index (Phi) is 4.04. The highest BCUT2D eigenvalue weighted by atomic mass is 32.2. The average molecular weight is 278 g/mol. The molecule has 1 aliphatic rings. The predicted octanol–water partition coefficient (Wildman–Crippen LogP) is 2.76. The molecule has 0 fully saturated rings. The first-order chi connectivity index (χ1) is 8.97. The number of hydrogen-bond donors (Lipinski definition) is 1. The molecule has 0 radical (unpaired) electrons. The second kappa shape index (κ2) is 5.57. The highest BCUT2D eigenvalue weighted by Crippen LogP contribution is 2.15. The van der Waals surface area contributed by atoms with Crippen molar-refractivity contribution >= 4 is 15.7 Å². The number of benzene rings is 1. The number of sulfonamides is 1. The molecule has 1 aromatic carbocycles. The standard InChI is InChI=1S/C14H18N2O2S/c1-11-6-8-14(9-7-11)19(17,18)16-15-13-5-3-4-12(2)10-13/h6-10,16H,3-5H2,1-2H3. The maximum atomic E-state index is 12.0. The Balaban J connectivity index is 2.16. The molecule has 102 valence electrons. The molecule has 1 aliphatic carbocycles. The molecule has 0 unspecified atom stereocenters. The Labute approximate surface area is 114 Å². The van der Waals surface area contributed by atoms with Crippen molar-refractivity contribution in [3.05, 3.63) is 41.5 Å². The van der Waals surface area contributed by atoms with E-state index in [9.17, 15) is 8.42 Å². The predicted molar refractivity (Wildman–Crippen MR) is 76.5 cm³/mol. The monoisotopic (exact) mass is 278 g/mol. The minimum atomic E-state index is -3.56. The molecular weight excluding hydrogens is 260 g/mol. The molecule has 0 aromatic heterocycles. The lowest BCUT2D eigenvalue weighted by Gasteiger charge is -2.11. The summed E-state index contributed by atoms with van der Waals surface area (Å²) in [5, 5.41) is 4.01. The molecule has 0 saturated heterocycles. The van der Waals surface area contributed by atoms with Crippen molar-refractivity contribution < 1.29 is 8.42 Å². The molecular formula is C14H18N2O2S. The summed E-state index contributed by atoms with van der Waals surface area (Å²) in [7, 11) is -3.56. The van der Waals surface area contributed by atoms with E-state index in [4.69, 9.17) is 0 Å². The Bertz CT molecular complexity index is 613. The first-order valence-electron chi connectivity index (χ1n) is 6.29. The fourth-order valence-corrected chi connectivity index (χ4v) is 2.79. The number of aryl methyl sites for hydroxylation is 1. The van der Waals surface area contributed by atoms with E-state index >= 15 is 0 Å². The number of hydrazone groups is 1. The molecule has 0 aliphatic heterocycles. The molecule has 1 N–H and O–H groups in total. The first kappa shape index (κ1) is 13.8. The summed E-state index contributed by atoms with van der Waals surface area (Å²) in [6, 6.07) is 6.71. The maximum absolute atomic E-state index is 12.0. The zero-order valence-corrected chi connectivity index (χ0v) is 12.0. The summed E-state index contributed by atoms with van der Waals surface area (Å²) in [6.07, 6.45) is 4.84. The molecule has 4 nitrogen and oxygen atoms in total. The normalized spacial score (nSPS) is 18.2. The van der Waals surface area contributed by atoms with Crippen molar-refractivity contribution in [1.82, 2.24) is 4.83 Å². The lowest BCUT2D eigenvalue weighted by atomic mass is 10.00. The largest absolute Gasteiger partial charge is 0.276 e. The van der Waals surface area contributed by atoms with Crippen LogP contribution in [0.15, 0.2) is 45.9 Å². The minimum Gasteiger partial charge on any atom is -0.200 e. The smallest absolute Gasteiger partial charge is 0.200 e. The summed E-state index contributed by atoms with van der Waals surface area (Å²) in [6.45, 7) is 3.95. The number of hydrogen-bond acceptors (Lipinski definition) is 3. The Morgan fingerprint density at radius 1 is 1.11 bits per heavy atom. The summed E-state index contributed by atoms with van der Waals surface area (Å²) in [5.74, 6) is 0. The van der Waals surface area contributed by atoms with Gasteiger partial charge >= 0.3 is 0 Å². The van der Waals surface area contributed by atoms with Gasteiger partial charge in [-0.15, -0.1) is 0 Å². The van der Waals surface area contributed by atoms with Gasteiger partial charge in [-0.1, -0.05) is 23.3 Å². The lowest BCUT2D eigenvalue weighted by molar-refractivity contribution is 0.584. The van der Waals surface area contributed by atoms with Gasteiger partial charge in [0, 0.05) is 0 Å². The minimum absolute atomic E-state index is 0.235. The van der Waals surface area contributed by atoms with Crippen LogP contribution in [0.4, 0.5) is 0 Å². The number of nitrogens with one attached hydrogen (secondary N) is 1. The van der Waals surface area contributed by atoms with Crippen LogP contribution in [0.5, 0.6) is 0 Å². The van der Waals surface area contributed by atoms with Crippen molar-refractivity contribution in [2.75, 3.05) is 0 Å². The van der Waals surface area contributed by atoms with Crippen LogP contribution < -0.4 is 4.83 Å². The summed E-state index contributed by atoms with van der Waals surface area (Å²) in [5.41, 5.74) is 3.05. The third kappa shape index (κ3) is 3.67. The molecule has 0 spiro atoms. The van der Waals surface area contributed by atoms with Gasteiger partial charge in [0.25, 0.3) is 10.0 Å². The van der Waals surface area contributed by atoms with Crippen molar-refractivity contribution in [3.63, 3.8) is 0 Å². The van der Waals surface area contributed by atoms with Gasteiger partial charge in [-0.25, -0.2) is 0 Å². The lowest BCUT2D eigenvalue weighted by Crippen LogP contribution is -2.20. The SMILES string of the molecule is CC1=CC(=NNS(=O)(=O)c2ccc(C)cc2)CCC1. The molecule has 0 amide bonds. The molecule has 19 heavy (non-hydrogen) atoms. The van der Waals surface area contributed by atoms with Gasteiger partial charge in [0.1, 0.15) is 0 Å². The third-order valence-corrected chi connectivity index (χ3v) is 4.28. The fraction of sp³-hybridized carbons (Fsp3) is 0.357. The van der Waals surface area contributed by atoms with Gasteiger partial charge in [0.2, 0.25) is 0 Å². The van der Waals surface area contributed by atoms with Crippen LogP contribution in [-0.4, -0.2) is 14.1 Å². The molecule has 0 heterocycles. The number of rotatable bonds is 3. The van der Waals surface area contributed by atoms with Crippen molar-refractivity contribution in [2.45, 2.75) is 38.0 Å². The second-order valence-electron chi connectivity index (χ2n) is 4.86. The van der Waals surface area contributed by atoms with Gasteiger partial charge in [-0.2, -0.15) is 18.4 Å². The van der Waals surface area contributed by atoms with Gasteiger partial charge < -0.3 is 0 Å². The van der Waals surface area contributed by atoms with E-state index in [1.807, 2.05) is 19.9 Å². The van der Waals surface area contributed by atoms with Crippen molar-refractivity contribution in [2.24, 2.45) is 5.10 Å². The summed E-state index contributed by atoms with van der Waals surface area (Å²) >= 11 is 0. The Morgan fingerprint density at radius 3 is 2.42 bits per heavy atom. The molecule has 1 aromatic rings. The van der Waals surface area contributed by atoms with E-state index in [2.05, 4.69) is 9.93 Å². The third-order valence-electron chi connectivity index (χ3n) is 3.06. The van der Waals surface area contributed by atoms with E-state index in [1.165, 1.54) is 5.57 Å². The second-order valence-corrected chi connectivity index (χ2v) is 6.52. The Hall–Kier alpha value is -1.62. The Morgan fingerprint density at radius 2 is 1.79 bits per heavy atom. The fourth-order valence-electron chi connectivity index (χ4n) is 1.95. The topological polar surface area (TPSA) is 58.5 Å².